The van der Waals surface area contributed by atoms with Gasteiger partial charge in [0.15, 0.2) is 28.4 Å². The molecule has 4 rings (SSSR count). The van der Waals surface area contributed by atoms with Crippen molar-refractivity contribution in [3.63, 3.8) is 0 Å². The average Bonchev–Trinajstić information content (AvgIpc) is 3.22. The summed E-state index contributed by atoms with van der Waals surface area (Å²) >= 11 is 0. The zero-order valence-corrected chi connectivity index (χ0v) is 17.0. The first kappa shape index (κ1) is 22.3. The van der Waals surface area contributed by atoms with Gasteiger partial charge in [-0.1, -0.05) is 13.8 Å². The largest absolute Gasteiger partial charge is 0.504 e. The Morgan fingerprint density at radius 2 is 1.74 bits per heavy atom. The number of aliphatic hydroxyl groups is 1. The third kappa shape index (κ3) is 4.37. The number of phenolic OH excluding ortho intramolecular Hbond substituents is 4. The van der Waals surface area contributed by atoms with Crippen LogP contribution in [0.15, 0.2) is 39.5 Å². The summed E-state index contributed by atoms with van der Waals surface area (Å²) in [5, 5.41) is 48.6. The zero-order chi connectivity index (χ0) is 22.7. The topological polar surface area (TPSA) is 150 Å². The van der Waals surface area contributed by atoms with Crippen LogP contribution in [0.5, 0.6) is 28.7 Å². The third-order valence-corrected chi connectivity index (χ3v) is 4.72. The highest BCUT2D eigenvalue weighted by atomic mass is 16.7. The van der Waals surface area contributed by atoms with Crippen LogP contribution in [0, 0.1) is 0 Å². The molecule has 1 fully saturated rings. The SMILES string of the molecule is CC.O=c1cc(-c2ccc(O)c(O)c2)oc2cc(O[C@@H]3CCC(CO)O3)c(O)c(O)c12. The van der Waals surface area contributed by atoms with Crippen LogP contribution in [0.3, 0.4) is 0 Å². The van der Waals surface area contributed by atoms with E-state index in [0.29, 0.717) is 18.4 Å². The van der Waals surface area contributed by atoms with Crippen LogP contribution in [0.1, 0.15) is 26.7 Å². The van der Waals surface area contributed by atoms with Crippen LogP contribution in [0.2, 0.25) is 0 Å². The van der Waals surface area contributed by atoms with Crippen molar-refractivity contribution in [2.45, 2.75) is 39.1 Å². The molecule has 0 saturated carbocycles. The molecule has 0 radical (unpaired) electrons. The zero-order valence-electron chi connectivity index (χ0n) is 17.0. The maximum atomic E-state index is 12.5. The van der Waals surface area contributed by atoms with Crippen molar-refractivity contribution in [2.24, 2.45) is 0 Å². The van der Waals surface area contributed by atoms with Gasteiger partial charge < -0.3 is 39.4 Å². The minimum absolute atomic E-state index is 0.0536. The molecule has 1 aliphatic heterocycles. The van der Waals surface area contributed by atoms with Gasteiger partial charge >= 0.3 is 0 Å². The van der Waals surface area contributed by atoms with Gasteiger partial charge in [0.2, 0.25) is 12.0 Å². The van der Waals surface area contributed by atoms with Crippen LogP contribution in [0.4, 0.5) is 0 Å². The highest BCUT2D eigenvalue weighted by Gasteiger charge is 2.28. The molecule has 166 valence electrons. The van der Waals surface area contributed by atoms with Crippen LogP contribution in [0.25, 0.3) is 22.3 Å². The predicted molar refractivity (Wildman–Crippen MR) is 112 cm³/mol. The fourth-order valence-corrected chi connectivity index (χ4v) is 3.21. The second kappa shape index (κ2) is 9.15. The number of benzene rings is 2. The molecule has 0 amide bonds. The van der Waals surface area contributed by atoms with E-state index in [1.54, 1.807) is 0 Å². The average molecular weight is 432 g/mol. The van der Waals surface area contributed by atoms with Gasteiger partial charge in [0.1, 0.15) is 16.7 Å². The van der Waals surface area contributed by atoms with E-state index in [-0.39, 0.29) is 46.7 Å². The van der Waals surface area contributed by atoms with Gasteiger partial charge in [-0.3, -0.25) is 4.79 Å². The molecule has 9 heteroatoms. The first-order chi connectivity index (χ1) is 14.9. The molecule has 1 aromatic heterocycles. The maximum Gasteiger partial charge on any atom is 0.201 e. The molecule has 2 atom stereocenters. The summed E-state index contributed by atoms with van der Waals surface area (Å²) in [6.07, 6.45) is -0.0626. The molecule has 31 heavy (non-hydrogen) atoms. The molecule has 3 aromatic rings. The van der Waals surface area contributed by atoms with E-state index in [4.69, 9.17) is 19.0 Å². The molecule has 1 unspecified atom stereocenters. The molecule has 1 saturated heterocycles. The Hall–Kier alpha value is -3.43. The van der Waals surface area contributed by atoms with Crippen molar-refractivity contribution in [3.05, 3.63) is 40.6 Å². The third-order valence-electron chi connectivity index (χ3n) is 4.72. The smallest absolute Gasteiger partial charge is 0.201 e. The van der Waals surface area contributed by atoms with E-state index >= 15 is 0 Å². The Labute approximate surface area is 177 Å². The van der Waals surface area contributed by atoms with E-state index in [2.05, 4.69) is 0 Å². The molecular weight excluding hydrogens is 408 g/mol. The summed E-state index contributed by atoms with van der Waals surface area (Å²) in [6, 6.07) is 6.26. The minimum atomic E-state index is -0.737. The summed E-state index contributed by atoms with van der Waals surface area (Å²) in [5.74, 6) is -2.11. The lowest BCUT2D eigenvalue weighted by atomic mass is 10.1. The van der Waals surface area contributed by atoms with Crippen molar-refractivity contribution < 1.29 is 39.4 Å². The van der Waals surface area contributed by atoms with E-state index in [9.17, 15) is 25.2 Å². The molecule has 1 aliphatic rings. The fraction of sp³-hybridized carbons (Fsp3) is 0.318. The van der Waals surface area contributed by atoms with E-state index in [1.165, 1.54) is 24.3 Å². The molecule has 2 heterocycles. The van der Waals surface area contributed by atoms with E-state index in [0.717, 1.165) is 6.07 Å². The molecule has 5 N–H and O–H groups in total. The number of phenols is 4. The Balaban J connectivity index is 0.00000132. The number of aromatic hydroxyl groups is 4. The maximum absolute atomic E-state index is 12.5. The fourth-order valence-electron chi connectivity index (χ4n) is 3.21. The van der Waals surface area contributed by atoms with Gasteiger partial charge in [0, 0.05) is 24.1 Å². The Morgan fingerprint density at radius 3 is 2.39 bits per heavy atom. The minimum Gasteiger partial charge on any atom is -0.504 e. The quantitative estimate of drug-likeness (QED) is 0.392. The number of aliphatic hydroxyl groups excluding tert-OH is 1. The molecule has 0 bridgehead atoms. The molecule has 9 nitrogen and oxygen atoms in total. The standard InChI is InChI=1S/C20H18O9.C2H6/c21-8-10-2-4-17(27-10)29-16-7-15-18(20(26)19(16)25)13(24)6-14(28-15)9-1-3-11(22)12(23)5-9;1-2/h1,3,5-7,10,17,21-23,25-26H,2,4,8H2;1-2H3/t10?,17-;/m1./s1. The second-order valence-corrected chi connectivity index (χ2v) is 6.69. The monoisotopic (exact) mass is 432 g/mol. The first-order valence-electron chi connectivity index (χ1n) is 9.85. The normalized spacial score (nSPS) is 17.9. The van der Waals surface area contributed by atoms with Crippen molar-refractivity contribution in [1.82, 2.24) is 0 Å². The van der Waals surface area contributed by atoms with Gasteiger partial charge in [-0.15, -0.1) is 0 Å². The number of rotatable bonds is 4. The lowest BCUT2D eigenvalue weighted by Crippen LogP contribution is -2.19. The number of hydrogen-bond acceptors (Lipinski definition) is 9. The van der Waals surface area contributed by atoms with Crippen molar-refractivity contribution in [1.29, 1.82) is 0 Å². The van der Waals surface area contributed by atoms with E-state index < -0.39 is 23.2 Å². The van der Waals surface area contributed by atoms with Crippen molar-refractivity contribution in [3.8, 4) is 40.1 Å². The molecule has 2 aromatic carbocycles. The number of hydrogen-bond donors (Lipinski definition) is 5. The van der Waals surface area contributed by atoms with E-state index in [1.807, 2.05) is 13.8 Å². The molecular formula is C22H24O9. The Morgan fingerprint density at radius 1 is 1.00 bits per heavy atom. The Kier molecular flexibility index (Phi) is 6.57. The van der Waals surface area contributed by atoms with Gasteiger partial charge in [-0.2, -0.15) is 0 Å². The first-order valence-corrected chi connectivity index (χ1v) is 9.85. The Bertz CT molecular complexity index is 1140. The number of fused-ring (bicyclic) bond motifs is 1. The highest BCUT2D eigenvalue weighted by Crippen LogP contribution is 2.43. The van der Waals surface area contributed by atoms with Gasteiger partial charge in [-0.25, -0.2) is 0 Å². The predicted octanol–water partition coefficient (Wildman–Crippen LogP) is 3.18. The van der Waals surface area contributed by atoms with Crippen molar-refractivity contribution >= 4 is 11.0 Å². The van der Waals surface area contributed by atoms with Crippen LogP contribution in [-0.2, 0) is 4.74 Å². The molecule has 0 aliphatic carbocycles. The summed E-state index contributed by atoms with van der Waals surface area (Å²) in [7, 11) is 0. The van der Waals surface area contributed by atoms with Crippen LogP contribution >= 0.6 is 0 Å². The number of ether oxygens (including phenoxy) is 2. The van der Waals surface area contributed by atoms with Gasteiger partial charge in [0.05, 0.1) is 12.7 Å². The summed E-state index contributed by atoms with van der Waals surface area (Å²) in [6.45, 7) is 3.84. The summed E-state index contributed by atoms with van der Waals surface area (Å²) < 4.78 is 16.7. The summed E-state index contributed by atoms with van der Waals surface area (Å²) in [5.41, 5.74) is -0.355. The van der Waals surface area contributed by atoms with Gasteiger partial charge in [-0.05, 0) is 24.6 Å². The highest BCUT2D eigenvalue weighted by molar-refractivity contribution is 5.89. The van der Waals surface area contributed by atoms with Gasteiger partial charge in [0.25, 0.3) is 0 Å². The summed E-state index contributed by atoms with van der Waals surface area (Å²) in [4.78, 5) is 12.5. The van der Waals surface area contributed by atoms with Crippen LogP contribution in [-0.4, -0.2) is 44.5 Å². The lowest BCUT2D eigenvalue weighted by molar-refractivity contribution is -0.0858. The van der Waals surface area contributed by atoms with Crippen molar-refractivity contribution in [2.75, 3.05) is 6.61 Å². The second-order valence-electron chi connectivity index (χ2n) is 6.69. The van der Waals surface area contributed by atoms with Crippen LogP contribution < -0.4 is 10.2 Å². The lowest BCUT2D eigenvalue weighted by Gasteiger charge is -2.16. The molecule has 0 spiro atoms.